The number of nitrogens with one attached hydrogen (secondary N) is 1. The van der Waals surface area contributed by atoms with E-state index in [9.17, 15) is 19.7 Å². The van der Waals surface area contributed by atoms with Crippen LogP contribution >= 0.6 is 23.4 Å². The van der Waals surface area contributed by atoms with Crippen molar-refractivity contribution in [3.63, 3.8) is 0 Å². The van der Waals surface area contributed by atoms with Crippen LogP contribution < -0.4 is 10.1 Å². The van der Waals surface area contributed by atoms with Crippen molar-refractivity contribution in [1.29, 1.82) is 0 Å². The maximum Gasteiger partial charge on any atom is 0.311 e. The standard InChI is InChI=1S/C25H21ClN6O5S/c1-15-8-10-19(26)20(12-15)27-24(34)23(16(2)33)37-22-11-9-17(13-21(22)32(35)36)14-38-25-28-29-30-31(25)18-6-4-3-5-7-18/h3-13,23H,14H2,1-2H3,(H,27,34). The highest BCUT2D eigenvalue weighted by molar-refractivity contribution is 7.98. The predicted octanol–water partition coefficient (Wildman–Crippen LogP) is 4.80. The van der Waals surface area contributed by atoms with E-state index in [2.05, 4.69) is 20.8 Å². The second-order valence-corrected chi connectivity index (χ2v) is 9.49. The summed E-state index contributed by atoms with van der Waals surface area (Å²) >= 11 is 7.42. The zero-order chi connectivity index (χ0) is 27.2. The fourth-order valence-corrected chi connectivity index (χ4v) is 4.42. The number of ketones is 1. The fourth-order valence-electron chi connectivity index (χ4n) is 3.42. The van der Waals surface area contributed by atoms with Gasteiger partial charge < -0.3 is 10.1 Å². The Hall–Kier alpha value is -4.29. The molecule has 4 rings (SSSR count). The van der Waals surface area contributed by atoms with E-state index in [1.165, 1.54) is 23.9 Å². The molecule has 0 bridgehead atoms. The first-order chi connectivity index (χ1) is 18.2. The first-order valence-corrected chi connectivity index (χ1v) is 12.6. The molecule has 0 saturated carbocycles. The minimum Gasteiger partial charge on any atom is -0.465 e. The van der Waals surface area contributed by atoms with Crippen LogP contribution in [0.1, 0.15) is 18.1 Å². The summed E-state index contributed by atoms with van der Waals surface area (Å²) < 4.78 is 7.13. The van der Waals surface area contributed by atoms with Crippen LogP contribution in [0.4, 0.5) is 11.4 Å². The van der Waals surface area contributed by atoms with Gasteiger partial charge in [-0.1, -0.05) is 53.7 Å². The van der Waals surface area contributed by atoms with Crippen LogP contribution in [0.3, 0.4) is 0 Å². The summed E-state index contributed by atoms with van der Waals surface area (Å²) in [5.41, 5.74) is 2.11. The van der Waals surface area contributed by atoms with Gasteiger partial charge in [0.25, 0.3) is 5.91 Å². The number of thioether (sulfide) groups is 1. The number of benzene rings is 3. The molecule has 1 aromatic heterocycles. The van der Waals surface area contributed by atoms with Gasteiger partial charge in [-0.15, -0.1) is 5.10 Å². The molecule has 0 aliphatic heterocycles. The Morgan fingerprint density at radius 3 is 2.63 bits per heavy atom. The number of hydrogen-bond acceptors (Lipinski definition) is 9. The molecule has 1 amide bonds. The summed E-state index contributed by atoms with van der Waals surface area (Å²) in [7, 11) is 0. The highest BCUT2D eigenvalue weighted by Gasteiger charge is 2.29. The number of halogens is 1. The highest BCUT2D eigenvalue weighted by atomic mass is 35.5. The molecule has 194 valence electrons. The van der Waals surface area contributed by atoms with Gasteiger partial charge in [-0.05, 0) is 65.7 Å². The molecule has 0 saturated heterocycles. The van der Waals surface area contributed by atoms with Crippen LogP contribution in [0.5, 0.6) is 5.75 Å². The van der Waals surface area contributed by atoms with Crippen molar-refractivity contribution in [3.05, 3.63) is 93.0 Å². The van der Waals surface area contributed by atoms with Crippen molar-refractivity contribution in [2.45, 2.75) is 30.9 Å². The van der Waals surface area contributed by atoms with E-state index in [-0.39, 0.29) is 10.8 Å². The molecule has 0 radical (unpaired) electrons. The van der Waals surface area contributed by atoms with Gasteiger partial charge in [-0.2, -0.15) is 4.68 Å². The number of Topliss-reactive ketones (excluding diaryl/α,β-unsaturated/α-hetero) is 1. The monoisotopic (exact) mass is 552 g/mol. The maximum atomic E-state index is 12.8. The molecule has 1 unspecified atom stereocenters. The van der Waals surface area contributed by atoms with Gasteiger partial charge >= 0.3 is 5.69 Å². The van der Waals surface area contributed by atoms with E-state index >= 15 is 0 Å². The summed E-state index contributed by atoms with van der Waals surface area (Å²) in [6.07, 6.45) is -1.62. The van der Waals surface area contributed by atoms with Gasteiger partial charge in [-0.25, -0.2) is 0 Å². The summed E-state index contributed by atoms with van der Waals surface area (Å²) in [4.78, 5) is 36.3. The first-order valence-electron chi connectivity index (χ1n) is 11.2. The van der Waals surface area contributed by atoms with Gasteiger partial charge in [0.05, 0.1) is 21.3 Å². The first kappa shape index (κ1) is 26.8. The third-order valence-corrected chi connectivity index (χ3v) is 6.58. The lowest BCUT2D eigenvalue weighted by Gasteiger charge is -2.17. The van der Waals surface area contributed by atoms with E-state index in [1.807, 2.05) is 37.3 Å². The Morgan fingerprint density at radius 1 is 1.16 bits per heavy atom. The van der Waals surface area contributed by atoms with E-state index in [0.29, 0.717) is 22.2 Å². The van der Waals surface area contributed by atoms with E-state index in [1.54, 1.807) is 28.9 Å². The Morgan fingerprint density at radius 2 is 1.92 bits per heavy atom. The number of anilines is 1. The number of amides is 1. The van der Waals surface area contributed by atoms with Gasteiger partial charge in [0.15, 0.2) is 11.5 Å². The zero-order valence-corrected chi connectivity index (χ0v) is 21.8. The van der Waals surface area contributed by atoms with E-state index in [4.69, 9.17) is 16.3 Å². The average molecular weight is 553 g/mol. The Bertz CT molecular complexity index is 1500. The maximum absolute atomic E-state index is 12.8. The molecule has 38 heavy (non-hydrogen) atoms. The van der Waals surface area contributed by atoms with Gasteiger partial charge in [0, 0.05) is 11.8 Å². The molecule has 0 spiro atoms. The molecule has 11 nitrogen and oxygen atoms in total. The van der Waals surface area contributed by atoms with Gasteiger partial charge in [0.2, 0.25) is 11.3 Å². The number of aromatic nitrogens is 4. The van der Waals surface area contributed by atoms with Crippen LogP contribution in [0.15, 0.2) is 71.9 Å². The third kappa shape index (κ3) is 6.33. The van der Waals surface area contributed by atoms with Crippen molar-refractivity contribution < 1.29 is 19.2 Å². The summed E-state index contributed by atoms with van der Waals surface area (Å²) in [5.74, 6) is -1.33. The van der Waals surface area contributed by atoms with Crippen molar-refractivity contribution in [2.75, 3.05) is 5.32 Å². The number of tetrazole rings is 1. The largest absolute Gasteiger partial charge is 0.465 e. The quantitative estimate of drug-likeness (QED) is 0.127. The summed E-state index contributed by atoms with van der Waals surface area (Å²) in [6, 6.07) is 18.6. The normalized spacial score (nSPS) is 11.6. The van der Waals surface area contributed by atoms with Gasteiger partial charge in [0.1, 0.15) is 0 Å². The molecular weight excluding hydrogens is 532 g/mol. The molecule has 0 fully saturated rings. The van der Waals surface area contributed by atoms with Crippen LogP contribution in [0.25, 0.3) is 5.69 Å². The molecule has 1 heterocycles. The molecule has 1 N–H and O–H groups in total. The number of hydrogen-bond donors (Lipinski definition) is 1. The number of rotatable bonds is 10. The minimum atomic E-state index is -1.62. The van der Waals surface area contributed by atoms with Crippen LogP contribution in [0.2, 0.25) is 5.02 Å². The number of carbonyl (C=O) groups is 2. The Kier molecular flexibility index (Phi) is 8.34. The fraction of sp³-hybridized carbons (Fsp3) is 0.160. The van der Waals surface area contributed by atoms with Crippen LogP contribution in [-0.4, -0.2) is 42.9 Å². The third-order valence-electron chi connectivity index (χ3n) is 5.26. The Labute approximate surface area is 226 Å². The zero-order valence-electron chi connectivity index (χ0n) is 20.2. The molecule has 4 aromatic rings. The van der Waals surface area contributed by atoms with E-state index in [0.717, 1.165) is 18.2 Å². The number of nitro benzene ring substituents is 1. The van der Waals surface area contributed by atoms with E-state index < -0.39 is 28.4 Å². The number of carbonyl (C=O) groups excluding carboxylic acids is 2. The molecule has 1 atom stereocenters. The molecule has 0 aliphatic carbocycles. The highest BCUT2D eigenvalue weighted by Crippen LogP contribution is 2.32. The molecular formula is C25H21ClN6O5S. The number of nitro groups is 1. The molecule has 13 heteroatoms. The predicted molar refractivity (Wildman–Crippen MR) is 142 cm³/mol. The second-order valence-electron chi connectivity index (χ2n) is 8.14. The topological polar surface area (TPSA) is 142 Å². The lowest BCUT2D eigenvalue weighted by atomic mass is 10.1. The van der Waals surface area contributed by atoms with Crippen LogP contribution in [0, 0.1) is 17.0 Å². The number of nitrogens with zero attached hydrogens (tertiary/aromatic N) is 5. The van der Waals surface area contributed by atoms with Crippen molar-refractivity contribution in [1.82, 2.24) is 20.2 Å². The van der Waals surface area contributed by atoms with Crippen molar-refractivity contribution in [3.8, 4) is 11.4 Å². The van der Waals surface area contributed by atoms with Crippen LogP contribution in [-0.2, 0) is 15.3 Å². The number of ether oxygens (including phenoxy) is 1. The van der Waals surface area contributed by atoms with Crippen molar-refractivity contribution >= 4 is 46.4 Å². The average Bonchev–Trinajstić information content (AvgIpc) is 3.37. The SMILES string of the molecule is CC(=O)C(Oc1ccc(CSc2nnnn2-c2ccccc2)cc1[N+](=O)[O-])C(=O)Nc1cc(C)ccc1Cl. The van der Waals surface area contributed by atoms with Crippen molar-refractivity contribution in [2.24, 2.45) is 0 Å². The Balaban J connectivity index is 1.51. The summed E-state index contributed by atoms with van der Waals surface area (Å²) in [5, 5.41) is 26.9. The lowest BCUT2D eigenvalue weighted by molar-refractivity contribution is -0.386. The number of aryl methyl sites for hydroxylation is 1. The summed E-state index contributed by atoms with van der Waals surface area (Å²) in [6.45, 7) is 2.98. The second kappa shape index (κ2) is 11.8. The smallest absolute Gasteiger partial charge is 0.311 e. The lowest BCUT2D eigenvalue weighted by Crippen LogP contribution is -2.38. The van der Waals surface area contributed by atoms with Gasteiger partial charge in [-0.3, -0.25) is 19.7 Å². The minimum absolute atomic E-state index is 0.219. The number of para-hydroxylation sites is 1. The molecule has 0 aliphatic rings. The molecule has 3 aromatic carbocycles.